The molecule has 1 fully saturated rings. The number of benzene rings is 2. The van der Waals surface area contributed by atoms with Crippen LogP contribution in [0.3, 0.4) is 0 Å². The number of hydrogen-bond acceptors (Lipinski definition) is 10. The number of likely N-dealkylation sites (tertiary alicyclic amines) is 1. The molecule has 17 nitrogen and oxygen atoms in total. The van der Waals surface area contributed by atoms with Gasteiger partial charge in [0.05, 0.1) is 18.7 Å². The standard InChI is InChI=1S/C24H28N6O5.C11H13NO5/c1-25-24(34)30-12-8-16-13-17(5-6-20(16)30)35-18-7-9-26-21(14-18)28-23(33)27-19(15-31)22(32)29-10-3-2-4-11-29;13-6-9(10(14)15)12-11(16)17-7-8-4-2-1-3-5-8/h5-9,12-14,19,31H,2-4,10-11,15H2,1H3,(H,25,34)(H2,26,27,28,33);1-5,9,13H,6-7H2,(H,12,16)(H,14,15)/t19-;9-/m11/s1. The maximum atomic E-state index is 12.6. The second kappa shape index (κ2) is 19.3. The van der Waals surface area contributed by atoms with E-state index >= 15 is 0 Å². The molecule has 52 heavy (non-hydrogen) atoms. The van der Waals surface area contributed by atoms with Gasteiger partial charge in [-0.3, -0.25) is 14.7 Å². The molecular formula is C35H41N7O10. The molecule has 1 aliphatic heterocycles. The van der Waals surface area contributed by atoms with Crippen molar-refractivity contribution in [3.05, 3.63) is 84.7 Å². The monoisotopic (exact) mass is 719 g/mol. The van der Waals surface area contributed by atoms with Gasteiger partial charge < -0.3 is 45.6 Å². The lowest BCUT2D eigenvalue weighted by molar-refractivity contribution is -0.140. The van der Waals surface area contributed by atoms with Crippen molar-refractivity contribution >= 4 is 46.8 Å². The van der Waals surface area contributed by atoms with Crippen molar-refractivity contribution in [3.8, 4) is 11.5 Å². The number of urea groups is 1. The van der Waals surface area contributed by atoms with Crippen LogP contribution in [-0.4, -0.2) is 105 Å². The van der Waals surface area contributed by atoms with E-state index in [9.17, 15) is 29.1 Å². The van der Waals surface area contributed by atoms with Crippen LogP contribution < -0.4 is 26.0 Å². The highest BCUT2D eigenvalue weighted by Crippen LogP contribution is 2.27. The number of amides is 5. The van der Waals surface area contributed by atoms with Crippen LogP contribution in [0.1, 0.15) is 24.8 Å². The van der Waals surface area contributed by atoms with Gasteiger partial charge in [0.1, 0.15) is 30.0 Å². The molecule has 5 rings (SSSR count). The third kappa shape index (κ3) is 11.2. The van der Waals surface area contributed by atoms with Crippen molar-refractivity contribution in [2.24, 2.45) is 0 Å². The number of ether oxygens (including phenoxy) is 2. The first-order valence-electron chi connectivity index (χ1n) is 16.4. The summed E-state index contributed by atoms with van der Waals surface area (Å²) in [4.78, 5) is 64.4. The molecule has 0 unspecified atom stereocenters. The Balaban J connectivity index is 0.000000299. The lowest BCUT2D eigenvalue weighted by Crippen LogP contribution is -2.52. The van der Waals surface area contributed by atoms with Gasteiger partial charge >= 0.3 is 24.1 Å². The van der Waals surface area contributed by atoms with Gasteiger partial charge in [0, 0.05) is 44.0 Å². The van der Waals surface area contributed by atoms with Gasteiger partial charge in [0.25, 0.3) is 0 Å². The number of nitrogens with one attached hydrogen (secondary N) is 4. The molecule has 1 aliphatic rings. The van der Waals surface area contributed by atoms with Crippen molar-refractivity contribution in [1.29, 1.82) is 0 Å². The molecule has 0 spiro atoms. The molecule has 2 aromatic heterocycles. The number of pyridine rings is 1. The summed E-state index contributed by atoms with van der Waals surface area (Å²) in [6.45, 7) is 0.118. The third-order valence-corrected chi connectivity index (χ3v) is 7.74. The Morgan fingerprint density at radius 3 is 2.25 bits per heavy atom. The fraction of sp³-hybridized carbons (Fsp3) is 0.314. The molecule has 0 saturated carbocycles. The molecule has 0 bridgehead atoms. The minimum Gasteiger partial charge on any atom is -0.480 e. The molecule has 3 heterocycles. The van der Waals surface area contributed by atoms with Gasteiger partial charge in [-0.2, -0.15) is 0 Å². The highest BCUT2D eigenvalue weighted by molar-refractivity contribution is 5.94. The summed E-state index contributed by atoms with van der Waals surface area (Å²) >= 11 is 0. The van der Waals surface area contributed by atoms with Crippen LogP contribution >= 0.6 is 0 Å². The first-order valence-corrected chi connectivity index (χ1v) is 16.4. The average Bonchev–Trinajstić information content (AvgIpc) is 3.59. The van der Waals surface area contributed by atoms with E-state index in [1.165, 1.54) is 10.8 Å². The molecule has 5 amide bonds. The van der Waals surface area contributed by atoms with Gasteiger partial charge in [-0.25, -0.2) is 24.2 Å². The Hall–Kier alpha value is -6.20. The van der Waals surface area contributed by atoms with Crippen LogP contribution in [0.2, 0.25) is 0 Å². The van der Waals surface area contributed by atoms with Crippen LogP contribution in [-0.2, 0) is 20.9 Å². The quantitative estimate of drug-likeness (QED) is 0.119. The van der Waals surface area contributed by atoms with E-state index in [4.69, 9.17) is 19.7 Å². The van der Waals surface area contributed by atoms with Crippen LogP contribution in [0.15, 0.2) is 79.1 Å². The molecule has 2 atom stereocenters. The number of nitrogens with zero attached hydrogens (tertiary/aromatic N) is 3. The Labute approximate surface area is 298 Å². The summed E-state index contributed by atoms with van der Waals surface area (Å²) < 4.78 is 12.2. The Morgan fingerprint density at radius 1 is 0.865 bits per heavy atom. The van der Waals surface area contributed by atoms with Crippen LogP contribution in [0.4, 0.5) is 20.2 Å². The first-order chi connectivity index (χ1) is 25.1. The molecule has 0 radical (unpaired) electrons. The van der Waals surface area contributed by atoms with E-state index in [2.05, 4.69) is 20.9 Å². The van der Waals surface area contributed by atoms with E-state index in [1.807, 2.05) is 17.4 Å². The van der Waals surface area contributed by atoms with Gasteiger partial charge in [0.15, 0.2) is 6.04 Å². The zero-order valence-corrected chi connectivity index (χ0v) is 28.4. The van der Waals surface area contributed by atoms with Gasteiger partial charge in [-0.05, 0) is 55.2 Å². The predicted octanol–water partition coefficient (Wildman–Crippen LogP) is 2.87. The summed E-state index contributed by atoms with van der Waals surface area (Å²) in [5.41, 5.74) is 1.53. The van der Waals surface area contributed by atoms with Crippen molar-refractivity contribution in [2.75, 3.05) is 38.7 Å². The number of alkyl carbamates (subject to hydrolysis) is 1. The fourth-order valence-corrected chi connectivity index (χ4v) is 5.08. The normalized spacial score (nSPS) is 13.4. The number of carboxylic acid groups (broad SMARTS) is 1. The third-order valence-electron chi connectivity index (χ3n) is 7.74. The first kappa shape index (κ1) is 38.6. The highest BCUT2D eigenvalue weighted by atomic mass is 16.5. The molecule has 7 N–H and O–H groups in total. The molecule has 276 valence electrons. The number of aliphatic hydroxyl groups excluding tert-OH is 2. The van der Waals surface area contributed by atoms with E-state index in [0.717, 1.165) is 35.7 Å². The van der Waals surface area contributed by atoms with Crippen LogP contribution in [0, 0.1) is 0 Å². The van der Waals surface area contributed by atoms with Gasteiger partial charge in [-0.1, -0.05) is 30.3 Å². The Kier molecular flexibility index (Phi) is 14.3. The number of fused-ring (bicyclic) bond motifs is 1. The highest BCUT2D eigenvalue weighted by Gasteiger charge is 2.26. The number of hydrogen-bond donors (Lipinski definition) is 7. The lowest BCUT2D eigenvalue weighted by Gasteiger charge is -2.30. The summed E-state index contributed by atoms with van der Waals surface area (Å²) in [6, 6.07) is 16.0. The van der Waals surface area contributed by atoms with Crippen molar-refractivity contribution < 1.29 is 48.8 Å². The van der Waals surface area contributed by atoms with Crippen molar-refractivity contribution in [3.63, 3.8) is 0 Å². The van der Waals surface area contributed by atoms with Crippen LogP contribution in [0.5, 0.6) is 11.5 Å². The Morgan fingerprint density at radius 2 is 1.58 bits per heavy atom. The lowest BCUT2D eigenvalue weighted by atomic mass is 10.1. The number of piperidine rings is 1. The molecule has 4 aromatic rings. The summed E-state index contributed by atoms with van der Waals surface area (Å²) in [6.07, 6.45) is 5.18. The SMILES string of the molecule is CNC(=O)n1ccc2cc(Oc3ccnc(NC(=O)N[C@H](CO)C(=O)N4CCCCC4)c3)ccc21.O=C(N[C@H](CO)C(=O)O)OCc1ccccc1. The molecule has 17 heteroatoms. The van der Waals surface area contributed by atoms with Crippen molar-refractivity contribution in [1.82, 2.24) is 30.4 Å². The molecule has 0 aliphatic carbocycles. The van der Waals surface area contributed by atoms with Crippen LogP contribution in [0.25, 0.3) is 10.9 Å². The smallest absolute Gasteiger partial charge is 0.408 e. The summed E-state index contributed by atoms with van der Waals surface area (Å²) in [7, 11) is 1.57. The van der Waals surface area contributed by atoms with E-state index < -0.39 is 43.4 Å². The predicted molar refractivity (Wildman–Crippen MR) is 188 cm³/mol. The van der Waals surface area contributed by atoms with Crippen molar-refractivity contribution in [2.45, 2.75) is 38.0 Å². The number of carboxylic acids is 1. The minimum atomic E-state index is -1.35. The molecule has 1 saturated heterocycles. The second-order valence-electron chi connectivity index (χ2n) is 11.4. The number of rotatable bonds is 11. The Bertz CT molecular complexity index is 1830. The van der Waals surface area contributed by atoms with E-state index in [1.54, 1.807) is 72.7 Å². The fourth-order valence-electron chi connectivity index (χ4n) is 5.08. The maximum absolute atomic E-state index is 12.6. The number of carbonyl (C=O) groups excluding carboxylic acids is 4. The molecular weight excluding hydrogens is 678 g/mol. The zero-order valence-electron chi connectivity index (χ0n) is 28.4. The van der Waals surface area contributed by atoms with E-state index in [-0.39, 0.29) is 24.4 Å². The minimum absolute atomic E-state index is 0.0461. The number of aliphatic carboxylic acids is 1. The number of aromatic nitrogens is 2. The summed E-state index contributed by atoms with van der Waals surface area (Å²) in [5, 5.41) is 37.4. The number of anilines is 1. The largest absolute Gasteiger partial charge is 0.480 e. The molecule has 2 aromatic carbocycles. The topological polar surface area (TPSA) is 234 Å². The van der Waals surface area contributed by atoms with Gasteiger partial charge in [-0.15, -0.1) is 0 Å². The number of carbonyl (C=O) groups is 5. The average molecular weight is 720 g/mol. The zero-order chi connectivity index (χ0) is 37.5. The van der Waals surface area contributed by atoms with Gasteiger partial charge in [0.2, 0.25) is 5.91 Å². The number of aliphatic hydroxyl groups is 2. The second-order valence-corrected chi connectivity index (χ2v) is 11.4. The van der Waals surface area contributed by atoms with E-state index in [0.29, 0.717) is 24.6 Å². The summed E-state index contributed by atoms with van der Waals surface area (Å²) in [5.74, 6) is -0.420. The maximum Gasteiger partial charge on any atom is 0.408 e.